The van der Waals surface area contributed by atoms with Crippen molar-refractivity contribution in [3.63, 3.8) is 0 Å². The Kier molecular flexibility index (Phi) is 7.33. The van der Waals surface area contributed by atoms with E-state index in [1.807, 2.05) is 19.1 Å². The number of hydrogen-bond acceptors (Lipinski definition) is 6. The van der Waals surface area contributed by atoms with Crippen LogP contribution >= 0.6 is 0 Å². The Hall–Kier alpha value is -3.38. The van der Waals surface area contributed by atoms with E-state index in [1.54, 1.807) is 43.3 Å². The molecule has 0 aliphatic heterocycles. The lowest BCUT2D eigenvalue weighted by Crippen LogP contribution is -2.39. The molecule has 2 aromatic carbocycles. The van der Waals surface area contributed by atoms with Crippen molar-refractivity contribution in [1.82, 2.24) is 5.43 Å². The van der Waals surface area contributed by atoms with Gasteiger partial charge in [-0.1, -0.05) is 17.7 Å². The molecule has 0 bridgehead atoms. The number of benzene rings is 2. The minimum absolute atomic E-state index is 0.0409. The van der Waals surface area contributed by atoms with Gasteiger partial charge in [-0.05, 0) is 55.3 Å². The van der Waals surface area contributed by atoms with Crippen LogP contribution in [-0.2, 0) is 14.8 Å². The molecule has 0 heterocycles. The highest BCUT2D eigenvalue weighted by Crippen LogP contribution is 2.23. The number of aryl methyl sites for hydroxylation is 2. The number of nitriles is 1. The molecule has 0 fully saturated rings. The Morgan fingerprint density at radius 3 is 2.52 bits per heavy atom. The molecule has 152 valence electrons. The quantitative estimate of drug-likeness (QED) is 0.525. The highest BCUT2D eigenvalue weighted by molar-refractivity contribution is 7.92. The second-order valence-electron chi connectivity index (χ2n) is 6.37. The van der Waals surface area contributed by atoms with E-state index >= 15 is 0 Å². The van der Waals surface area contributed by atoms with Crippen molar-refractivity contribution in [2.75, 3.05) is 23.7 Å². The van der Waals surface area contributed by atoms with Crippen LogP contribution in [0.25, 0.3) is 0 Å². The standard InChI is InChI=1S/C20H22N4O4S/c1-15-4-9-19(16(2)12-15)24(29(3,26)27)14-20(25)23-22-13-17-5-7-18(8-6-17)28-11-10-21/h4-9,12-13H,11,14H2,1-3H3,(H,23,25)/b22-13-. The molecule has 0 spiro atoms. The number of nitrogens with one attached hydrogen (secondary N) is 1. The van der Waals surface area contributed by atoms with Gasteiger partial charge in [0, 0.05) is 0 Å². The number of amides is 1. The summed E-state index contributed by atoms with van der Waals surface area (Å²) >= 11 is 0. The highest BCUT2D eigenvalue weighted by Gasteiger charge is 2.22. The van der Waals surface area contributed by atoms with Crippen LogP contribution < -0.4 is 14.5 Å². The van der Waals surface area contributed by atoms with Crippen LogP contribution in [0.2, 0.25) is 0 Å². The largest absolute Gasteiger partial charge is 0.479 e. The normalized spacial score (nSPS) is 11.1. The predicted molar refractivity (Wildman–Crippen MR) is 111 cm³/mol. The Morgan fingerprint density at radius 1 is 1.24 bits per heavy atom. The third kappa shape index (κ3) is 6.62. The van der Waals surface area contributed by atoms with Crippen LogP contribution in [0.4, 0.5) is 5.69 Å². The van der Waals surface area contributed by atoms with Gasteiger partial charge in [-0.3, -0.25) is 9.10 Å². The number of nitrogens with zero attached hydrogens (tertiary/aromatic N) is 3. The number of ether oxygens (including phenoxy) is 1. The van der Waals surface area contributed by atoms with E-state index in [2.05, 4.69) is 10.5 Å². The number of carbonyl (C=O) groups excluding carboxylic acids is 1. The lowest BCUT2D eigenvalue weighted by molar-refractivity contribution is -0.119. The van der Waals surface area contributed by atoms with Gasteiger partial charge in [0.25, 0.3) is 5.91 Å². The van der Waals surface area contributed by atoms with E-state index in [4.69, 9.17) is 10.00 Å². The number of anilines is 1. The number of hydrogen-bond donors (Lipinski definition) is 1. The molecule has 0 unspecified atom stereocenters. The summed E-state index contributed by atoms with van der Waals surface area (Å²) in [6.45, 7) is 3.27. The fraction of sp³-hybridized carbons (Fsp3) is 0.250. The van der Waals surface area contributed by atoms with Crippen molar-refractivity contribution >= 4 is 27.8 Å². The van der Waals surface area contributed by atoms with Crippen molar-refractivity contribution in [3.05, 3.63) is 59.2 Å². The highest BCUT2D eigenvalue weighted by atomic mass is 32.2. The molecule has 8 nitrogen and oxygen atoms in total. The van der Waals surface area contributed by atoms with Crippen LogP contribution in [0.15, 0.2) is 47.6 Å². The second-order valence-corrected chi connectivity index (χ2v) is 8.28. The van der Waals surface area contributed by atoms with Crippen LogP contribution in [0.3, 0.4) is 0 Å². The molecule has 1 amide bonds. The summed E-state index contributed by atoms with van der Waals surface area (Å²) in [6, 6.07) is 14.0. The van der Waals surface area contributed by atoms with Gasteiger partial charge in [0.1, 0.15) is 18.4 Å². The maximum Gasteiger partial charge on any atom is 0.260 e. The SMILES string of the molecule is Cc1ccc(N(CC(=O)N/N=C\c2ccc(OCC#N)cc2)S(C)(=O)=O)c(C)c1. The van der Waals surface area contributed by atoms with Crippen molar-refractivity contribution in [2.45, 2.75) is 13.8 Å². The van der Waals surface area contributed by atoms with E-state index in [1.165, 1.54) is 6.21 Å². The molecule has 1 N–H and O–H groups in total. The minimum Gasteiger partial charge on any atom is -0.479 e. The fourth-order valence-electron chi connectivity index (χ4n) is 2.58. The van der Waals surface area contributed by atoms with Crippen molar-refractivity contribution < 1.29 is 17.9 Å². The predicted octanol–water partition coefficient (Wildman–Crippen LogP) is 2.12. The maximum absolute atomic E-state index is 12.2. The van der Waals surface area contributed by atoms with Gasteiger partial charge in [0.15, 0.2) is 6.61 Å². The topological polar surface area (TPSA) is 112 Å². The van der Waals surface area contributed by atoms with Gasteiger partial charge in [-0.15, -0.1) is 0 Å². The molecule has 0 atom stereocenters. The van der Waals surface area contributed by atoms with Crippen molar-refractivity contribution in [1.29, 1.82) is 5.26 Å². The van der Waals surface area contributed by atoms with Gasteiger partial charge < -0.3 is 4.74 Å². The number of hydrazone groups is 1. The first kappa shape index (κ1) is 21.9. The van der Waals surface area contributed by atoms with Crippen molar-refractivity contribution in [2.24, 2.45) is 5.10 Å². The molecule has 0 aromatic heterocycles. The summed E-state index contributed by atoms with van der Waals surface area (Å²) in [6.07, 6.45) is 2.48. The summed E-state index contributed by atoms with van der Waals surface area (Å²) in [4.78, 5) is 12.2. The molecule has 2 rings (SSSR count). The van der Waals surface area contributed by atoms with Crippen LogP contribution in [-0.4, -0.2) is 39.9 Å². The molecule has 2 aromatic rings. The Morgan fingerprint density at radius 2 is 1.93 bits per heavy atom. The first-order valence-electron chi connectivity index (χ1n) is 8.67. The number of sulfonamides is 1. The van der Waals surface area contributed by atoms with Gasteiger partial charge in [0.05, 0.1) is 18.2 Å². The molecule has 9 heteroatoms. The molecule has 0 saturated heterocycles. The first-order chi connectivity index (χ1) is 13.7. The molecular weight excluding hydrogens is 392 g/mol. The van der Waals surface area contributed by atoms with Gasteiger partial charge in [0.2, 0.25) is 10.0 Å². The van der Waals surface area contributed by atoms with Crippen LogP contribution in [0.5, 0.6) is 5.75 Å². The zero-order chi connectivity index (χ0) is 21.4. The van der Waals surface area contributed by atoms with Crippen molar-refractivity contribution in [3.8, 4) is 11.8 Å². The minimum atomic E-state index is -3.65. The van der Waals surface area contributed by atoms with E-state index in [9.17, 15) is 13.2 Å². The van der Waals surface area contributed by atoms with Gasteiger partial charge in [-0.2, -0.15) is 10.4 Å². The zero-order valence-electron chi connectivity index (χ0n) is 16.4. The third-order valence-corrected chi connectivity index (χ3v) is 5.02. The molecule has 0 saturated carbocycles. The van der Waals surface area contributed by atoms with Gasteiger partial charge in [-0.25, -0.2) is 13.8 Å². The average Bonchev–Trinajstić information content (AvgIpc) is 2.65. The monoisotopic (exact) mass is 414 g/mol. The number of carbonyl (C=O) groups is 1. The summed E-state index contributed by atoms with van der Waals surface area (Å²) in [5.74, 6) is -0.0226. The molecule has 0 aliphatic rings. The smallest absolute Gasteiger partial charge is 0.260 e. The van der Waals surface area contributed by atoms with Gasteiger partial charge >= 0.3 is 0 Å². The van der Waals surface area contributed by atoms with E-state index < -0.39 is 15.9 Å². The lowest BCUT2D eigenvalue weighted by atomic mass is 10.1. The zero-order valence-corrected chi connectivity index (χ0v) is 17.2. The third-order valence-electron chi connectivity index (χ3n) is 3.89. The van der Waals surface area contributed by atoms with E-state index in [0.717, 1.165) is 21.7 Å². The second kappa shape index (κ2) is 9.71. The first-order valence-corrected chi connectivity index (χ1v) is 10.5. The average molecular weight is 414 g/mol. The Bertz CT molecular complexity index is 1040. The fourth-order valence-corrected chi connectivity index (χ4v) is 3.49. The molecule has 29 heavy (non-hydrogen) atoms. The molecule has 0 radical (unpaired) electrons. The summed E-state index contributed by atoms with van der Waals surface area (Å²) in [5, 5.41) is 12.3. The van der Waals surface area contributed by atoms with E-state index in [-0.39, 0.29) is 13.2 Å². The Balaban J connectivity index is 2.03. The molecular formula is C20H22N4O4S. The van der Waals surface area contributed by atoms with Crippen LogP contribution in [0.1, 0.15) is 16.7 Å². The summed E-state index contributed by atoms with van der Waals surface area (Å²) in [7, 11) is -3.65. The van der Waals surface area contributed by atoms with E-state index in [0.29, 0.717) is 17.0 Å². The lowest BCUT2D eigenvalue weighted by Gasteiger charge is -2.23. The Labute approximate surface area is 170 Å². The number of rotatable bonds is 8. The summed E-state index contributed by atoms with van der Waals surface area (Å²) in [5.41, 5.74) is 5.23. The maximum atomic E-state index is 12.2. The molecule has 0 aliphatic carbocycles. The summed E-state index contributed by atoms with van der Waals surface area (Å²) < 4.78 is 30.6. The van der Waals surface area contributed by atoms with Crippen LogP contribution in [0, 0.1) is 25.2 Å².